The van der Waals surface area contributed by atoms with Gasteiger partial charge >= 0.3 is 12.1 Å². The molecule has 6 heteroatoms. The van der Waals surface area contributed by atoms with E-state index in [9.17, 15) is 18.0 Å². The van der Waals surface area contributed by atoms with Gasteiger partial charge in [-0.15, -0.1) is 0 Å². The molecule has 0 saturated carbocycles. The molecule has 1 N–H and O–H groups in total. The molecule has 128 valence electrons. The van der Waals surface area contributed by atoms with Crippen LogP contribution in [0.5, 0.6) is 0 Å². The number of hydrogen-bond acceptors (Lipinski definition) is 2. The quantitative estimate of drug-likeness (QED) is 0.864. The number of halogens is 3. The maximum Gasteiger partial charge on any atom is 0.393 e. The van der Waals surface area contributed by atoms with Crippen molar-refractivity contribution in [3.05, 3.63) is 35.9 Å². The number of nitrogens with zero attached hydrogens (tertiary/aromatic N) is 1. The van der Waals surface area contributed by atoms with Crippen molar-refractivity contribution in [1.29, 1.82) is 0 Å². The van der Waals surface area contributed by atoms with Crippen molar-refractivity contribution in [2.45, 2.75) is 31.9 Å². The summed E-state index contributed by atoms with van der Waals surface area (Å²) in [6, 6.07) is 9.70. The fourth-order valence-corrected chi connectivity index (χ4v) is 3.36. The number of hydrogen-bond donors (Lipinski definition) is 1. The Labute approximate surface area is 134 Å². The average Bonchev–Trinajstić information content (AvgIpc) is 2.92. The highest BCUT2D eigenvalue weighted by Crippen LogP contribution is 2.38. The number of likely N-dealkylation sites (tertiary alicyclic amines) is 1. The van der Waals surface area contributed by atoms with Gasteiger partial charge in [0.25, 0.3) is 0 Å². The maximum absolute atomic E-state index is 13.1. The molecule has 1 aromatic rings. The van der Waals surface area contributed by atoms with Crippen LogP contribution in [0.3, 0.4) is 0 Å². The fourth-order valence-electron chi connectivity index (χ4n) is 3.36. The normalized spacial score (nSPS) is 23.8. The van der Waals surface area contributed by atoms with Crippen molar-refractivity contribution in [1.82, 2.24) is 4.90 Å². The van der Waals surface area contributed by atoms with E-state index in [1.807, 2.05) is 37.3 Å². The molecule has 2 rings (SSSR count). The van der Waals surface area contributed by atoms with Gasteiger partial charge in [-0.25, -0.2) is 0 Å². The lowest BCUT2D eigenvalue weighted by Gasteiger charge is -2.24. The lowest BCUT2D eigenvalue weighted by molar-refractivity contribution is -0.188. The monoisotopic (exact) mass is 329 g/mol. The molecule has 1 aliphatic rings. The molecule has 3 nitrogen and oxygen atoms in total. The minimum Gasteiger partial charge on any atom is -0.481 e. The highest BCUT2D eigenvalue weighted by molar-refractivity contribution is 5.71. The number of carboxylic acid groups (broad SMARTS) is 1. The van der Waals surface area contributed by atoms with Crippen LogP contribution >= 0.6 is 0 Å². The Morgan fingerprint density at radius 2 is 1.96 bits per heavy atom. The van der Waals surface area contributed by atoms with Crippen molar-refractivity contribution in [3.63, 3.8) is 0 Å². The SMILES string of the molecule is CCCC(CN1C[C@@H](C(F)(F)F)[C@H](C(=O)O)C1)c1ccccc1. The fraction of sp³-hybridized carbons (Fsp3) is 0.588. The van der Waals surface area contributed by atoms with Gasteiger partial charge in [-0.1, -0.05) is 43.7 Å². The Morgan fingerprint density at radius 1 is 1.30 bits per heavy atom. The Hall–Kier alpha value is -1.56. The van der Waals surface area contributed by atoms with E-state index in [4.69, 9.17) is 5.11 Å². The van der Waals surface area contributed by atoms with Crippen LogP contribution in [0.25, 0.3) is 0 Å². The van der Waals surface area contributed by atoms with Gasteiger partial charge in [-0.05, 0) is 17.9 Å². The molecule has 1 fully saturated rings. The van der Waals surface area contributed by atoms with Crippen LogP contribution < -0.4 is 0 Å². The molecule has 0 amide bonds. The molecule has 0 radical (unpaired) electrons. The highest BCUT2D eigenvalue weighted by Gasteiger charge is 2.52. The number of benzene rings is 1. The van der Waals surface area contributed by atoms with Crippen molar-refractivity contribution >= 4 is 5.97 Å². The van der Waals surface area contributed by atoms with Gasteiger partial charge in [0.2, 0.25) is 0 Å². The molecule has 1 aromatic carbocycles. The average molecular weight is 329 g/mol. The Balaban J connectivity index is 2.11. The lowest BCUT2D eigenvalue weighted by atomic mass is 9.94. The molecular weight excluding hydrogens is 307 g/mol. The second kappa shape index (κ2) is 7.34. The summed E-state index contributed by atoms with van der Waals surface area (Å²) in [7, 11) is 0. The lowest BCUT2D eigenvalue weighted by Crippen LogP contribution is -2.33. The Bertz CT molecular complexity index is 518. The van der Waals surface area contributed by atoms with Crippen LogP contribution in [0.4, 0.5) is 13.2 Å². The molecule has 0 aromatic heterocycles. The molecule has 0 aliphatic carbocycles. The molecule has 1 saturated heterocycles. The first-order chi connectivity index (χ1) is 10.8. The third kappa shape index (κ3) is 4.47. The van der Waals surface area contributed by atoms with Crippen molar-refractivity contribution in [2.75, 3.05) is 19.6 Å². The second-order valence-electron chi connectivity index (χ2n) is 6.21. The summed E-state index contributed by atoms with van der Waals surface area (Å²) in [6.45, 7) is 2.24. The molecule has 3 atom stereocenters. The summed E-state index contributed by atoms with van der Waals surface area (Å²) in [4.78, 5) is 12.8. The van der Waals surface area contributed by atoms with Crippen LogP contribution in [-0.4, -0.2) is 41.8 Å². The summed E-state index contributed by atoms with van der Waals surface area (Å²) in [6.07, 6.45) is -2.67. The van der Waals surface area contributed by atoms with Gasteiger partial charge in [-0.2, -0.15) is 13.2 Å². The van der Waals surface area contributed by atoms with E-state index in [0.29, 0.717) is 6.54 Å². The van der Waals surface area contributed by atoms with Crippen LogP contribution in [0.2, 0.25) is 0 Å². The first-order valence-electron chi connectivity index (χ1n) is 7.89. The summed E-state index contributed by atoms with van der Waals surface area (Å²) in [5.74, 6) is -4.38. The topological polar surface area (TPSA) is 40.5 Å². The summed E-state index contributed by atoms with van der Waals surface area (Å²) in [5.41, 5.74) is 1.09. The van der Waals surface area contributed by atoms with Gasteiger partial charge < -0.3 is 10.0 Å². The van der Waals surface area contributed by atoms with E-state index in [1.54, 1.807) is 4.90 Å². The number of aliphatic carboxylic acids is 1. The van der Waals surface area contributed by atoms with E-state index in [-0.39, 0.29) is 19.0 Å². The van der Waals surface area contributed by atoms with Crippen LogP contribution in [-0.2, 0) is 4.79 Å². The summed E-state index contributed by atoms with van der Waals surface area (Å²) < 4.78 is 39.2. The smallest absolute Gasteiger partial charge is 0.393 e. The standard InChI is InChI=1S/C17H22F3NO2/c1-2-6-13(12-7-4-3-5-8-12)9-21-10-14(16(22)23)15(11-21)17(18,19)20/h3-5,7-8,13-15H,2,6,9-11H2,1H3,(H,22,23)/t13?,14-,15-/m1/s1. The minimum absolute atomic E-state index is 0.0352. The zero-order valence-corrected chi connectivity index (χ0v) is 13.1. The summed E-state index contributed by atoms with van der Waals surface area (Å²) in [5, 5.41) is 9.09. The van der Waals surface area contributed by atoms with E-state index >= 15 is 0 Å². The minimum atomic E-state index is -4.47. The van der Waals surface area contributed by atoms with Gasteiger partial charge in [0.05, 0.1) is 11.8 Å². The number of rotatable bonds is 6. The van der Waals surface area contributed by atoms with Gasteiger partial charge in [0, 0.05) is 19.6 Å². The number of alkyl halides is 3. The number of carboxylic acids is 1. The zero-order valence-electron chi connectivity index (χ0n) is 13.1. The van der Waals surface area contributed by atoms with Crippen molar-refractivity contribution in [2.24, 2.45) is 11.8 Å². The van der Waals surface area contributed by atoms with E-state index < -0.39 is 24.0 Å². The van der Waals surface area contributed by atoms with Crippen molar-refractivity contribution < 1.29 is 23.1 Å². The third-order valence-corrected chi connectivity index (χ3v) is 4.52. The largest absolute Gasteiger partial charge is 0.481 e. The van der Waals surface area contributed by atoms with Crippen molar-refractivity contribution in [3.8, 4) is 0 Å². The predicted octanol–water partition coefficient (Wildman–Crippen LogP) is 3.77. The Kier molecular flexibility index (Phi) is 5.68. The van der Waals surface area contributed by atoms with Gasteiger partial charge in [0.1, 0.15) is 0 Å². The van der Waals surface area contributed by atoms with Crippen LogP contribution in [0.1, 0.15) is 31.2 Å². The van der Waals surface area contributed by atoms with Gasteiger partial charge in [-0.3, -0.25) is 4.79 Å². The molecule has 0 bridgehead atoms. The molecule has 1 unspecified atom stereocenters. The molecule has 1 aliphatic heterocycles. The van der Waals surface area contributed by atoms with E-state index in [0.717, 1.165) is 18.4 Å². The molecule has 1 heterocycles. The van der Waals surface area contributed by atoms with E-state index in [2.05, 4.69) is 0 Å². The first-order valence-corrected chi connectivity index (χ1v) is 7.89. The summed E-state index contributed by atoms with van der Waals surface area (Å²) >= 11 is 0. The Morgan fingerprint density at radius 3 is 2.43 bits per heavy atom. The van der Waals surface area contributed by atoms with Crippen LogP contribution in [0.15, 0.2) is 30.3 Å². The zero-order chi connectivity index (χ0) is 17.0. The second-order valence-corrected chi connectivity index (χ2v) is 6.21. The third-order valence-electron chi connectivity index (χ3n) is 4.52. The maximum atomic E-state index is 13.1. The van der Waals surface area contributed by atoms with Gasteiger partial charge in [0.15, 0.2) is 0 Å². The predicted molar refractivity (Wildman–Crippen MR) is 81.2 cm³/mol. The molecule has 23 heavy (non-hydrogen) atoms. The molecular formula is C17H22F3NO2. The highest BCUT2D eigenvalue weighted by atomic mass is 19.4. The number of carbonyl (C=O) groups is 1. The van der Waals surface area contributed by atoms with Crippen LogP contribution in [0, 0.1) is 11.8 Å². The molecule has 0 spiro atoms. The first kappa shape index (κ1) is 17.8. The van der Waals surface area contributed by atoms with E-state index in [1.165, 1.54) is 0 Å².